The zero-order valence-corrected chi connectivity index (χ0v) is 18.3. The first-order valence-corrected chi connectivity index (χ1v) is 18.5. The molecular formula is C18H22IO3SSi-. The van der Waals surface area contributed by atoms with Gasteiger partial charge in [0.1, 0.15) is 0 Å². The van der Waals surface area contributed by atoms with Crippen molar-refractivity contribution in [1.82, 2.24) is 0 Å². The first kappa shape index (κ1) is 19.2. The summed E-state index contributed by atoms with van der Waals surface area (Å²) in [6, 6.07) is 16.1. The molecular weight excluding hydrogens is 451 g/mol. The quantitative estimate of drug-likeness (QED) is 0.283. The maximum atomic E-state index is 12.9. The second-order valence-electron chi connectivity index (χ2n) is 6.32. The van der Waals surface area contributed by atoms with E-state index in [2.05, 4.69) is 23.6 Å². The van der Waals surface area contributed by atoms with Gasteiger partial charge in [0.25, 0.3) is 0 Å². The fraction of sp³-hybridized carbons (Fsp3) is 0.222. The molecule has 0 fully saturated rings. The van der Waals surface area contributed by atoms with Crippen LogP contribution in [0.5, 0.6) is 0 Å². The summed E-state index contributed by atoms with van der Waals surface area (Å²) < 4.78 is 35.4. The van der Waals surface area contributed by atoms with Crippen LogP contribution in [0.2, 0.25) is 19.6 Å². The topological polar surface area (TPSA) is 43.4 Å². The number of terminal acetylenes is 1. The Kier molecular flexibility index (Phi) is 5.60. The first-order valence-electron chi connectivity index (χ1n) is 7.45. The fourth-order valence-electron chi connectivity index (χ4n) is 2.16. The van der Waals surface area contributed by atoms with E-state index in [0.29, 0.717) is 0 Å². The molecule has 0 saturated carbocycles. The summed E-state index contributed by atoms with van der Waals surface area (Å²) in [5.41, 5.74) is -1.10. The molecule has 6 heteroatoms. The molecule has 1 unspecified atom stereocenters. The van der Waals surface area contributed by atoms with E-state index in [-0.39, 0.29) is 4.90 Å². The molecule has 0 aliphatic carbocycles. The van der Waals surface area contributed by atoms with Gasteiger partial charge in [0.2, 0.25) is 0 Å². The molecule has 1 atom stereocenters. The molecule has 0 radical (unpaired) electrons. The molecule has 0 N–H and O–H groups in total. The predicted molar refractivity (Wildman–Crippen MR) is 96.8 cm³/mol. The Morgan fingerprint density at radius 2 is 1.54 bits per heavy atom. The fourth-order valence-corrected chi connectivity index (χ4v) is 26.1. The minimum atomic E-state index is -3.91. The normalized spacial score (nSPS) is 16.0. The van der Waals surface area contributed by atoms with Gasteiger partial charge in [-0.1, -0.05) is 0 Å². The van der Waals surface area contributed by atoms with Crippen LogP contribution in [0.1, 0.15) is 5.56 Å². The van der Waals surface area contributed by atoms with Gasteiger partial charge < -0.3 is 0 Å². The molecule has 0 spiro atoms. The average Bonchev–Trinajstić information content (AvgIpc) is 2.52. The molecule has 0 amide bonds. The van der Waals surface area contributed by atoms with E-state index in [1.807, 2.05) is 37.3 Å². The molecule has 2 aromatic carbocycles. The van der Waals surface area contributed by atoms with Crippen LogP contribution in [-0.4, -0.2) is 14.0 Å². The summed E-state index contributed by atoms with van der Waals surface area (Å²) in [5.74, 6) is 0. The van der Waals surface area contributed by atoms with Crippen molar-refractivity contribution in [2.45, 2.75) is 31.5 Å². The number of hydrogen-bond acceptors (Lipinski definition) is 3. The van der Waals surface area contributed by atoms with Crippen molar-refractivity contribution in [1.29, 1.82) is 0 Å². The summed E-state index contributed by atoms with van der Waals surface area (Å²) in [6.07, 6.45) is 5.91. The van der Waals surface area contributed by atoms with Gasteiger partial charge in [0.15, 0.2) is 0 Å². The summed E-state index contributed by atoms with van der Waals surface area (Å²) in [5, 5.41) is 0. The molecule has 0 aromatic heterocycles. The van der Waals surface area contributed by atoms with Gasteiger partial charge >= 0.3 is 150 Å². The number of aryl methyl sites for hydroxylation is 1. The molecule has 0 bridgehead atoms. The Balaban J connectivity index is 2.58. The number of rotatable bonds is 5. The van der Waals surface area contributed by atoms with Gasteiger partial charge in [-0.3, -0.25) is 0 Å². The van der Waals surface area contributed by atoms with Crippen molar-refractivity contribution in [2.24, 2.45) is 0 Å². The summed E-state index contributed by atoms with van der Waals surface area (Å²) >= 11 is -3.64. The predicted octanol–water partition coefficient (Wildman–Crippen LogP) is 1.07. The van der Waals surface area contributed by atoms with E-state index >= 15 is 0 Å². The van der Waals surface area contributed by atoms with Crippen LogP contribution in [0.15, 0.2) is 59.5 Å². The van der Waals surface area contributed by atoms with E-state index < -0.39 is 33.7 Å². The van der Waals surface area contributed by atoms with Gasteiger partial charge in [-0.05, 0) is 0 Å². The van der Waals surface area contributed by atoms with Gasteiger partial charge in [0.05, 0.1) is 0 Å². The number of hydrogen-bond donors (Lipinski definition) is 0. The van der Waals surface area contributed by atoms with Gasteiger partial charge in [-0.15, -0.1) is 0 Å². The first-order chi connectivity index (χ1) is 11.1. The molecule has 2 aromatic rings. The molecule has 2 rings (SSSR count). The molecule has 0 saturated heterocycles. The van der Waals surface area contributed by atoms with Crippen LogP contribution in [-0.2, 0) is 12.6 Å². The molecule has 0 aliphatic rings. The SMILES string of the molecule is C#C[I-](OS(=O)(=O)c1ccc(C)cc1)(c1ccccc1)[Si](C)(C)C. The van der Waals surface area contributed by atoms with Crippen LogP contribution in [0, 0.1) is 20.8 Å². The van der Waals surface area contributed by atoms with Crippen molar-refractivity contribution >= 4 is 15.7 Å². The van der Waals surface area contributed by atoms with Crippen molar-refractivity contribution in [3.63, 3.8) is 0 Å². The molecule has 24 heavy (non-hydrogen) atoms. The summed E-state index contributed by atoms with van der Waals surface area (Å²) in [4.78, 5) is 0.158. The van der Waals surface area contributed by atoms with E-state index in [1.54, 1.807) is 24.3 Å². The zero-order chi connectivity index (χ0) is 18.0. The third-order valence-electron chi connectivity index (χ3n) is 3.48. The Morgan fingerprint density at radius 3 is 2.00 bits per heavy atom. The Bertz CT molecular complexity index is 850. The third-order valence-corrected chi connectivity index (χ3v) is 29.8. The van der Waals surface area contributed by atoms with Crippen LogP contribution in [0.25, 0.3) is 0 Å². The van der Waals surface area contributed by atoms with Gasteiger partial charge in [-0.2, -0.15) is 0 Å². The third kappa shape index (κ3) is 3.75. The molecule has 0 aliphatic heterocycles. The van der Waals surface area contributed by atoms with Gasteiger partial charge in [0, 0.05) is 0 Å². The molecule has 3 nitrogen and oxygen atoms in total. The van der Waals surface area contributed by atoms with Gasteiger partial charge in [-0.25, -0.2) is 0 Å². The van der Waals surface area contributed by atoms with Crippen molar-refractivity contribution in [3.05, 3.63) is 63.7 Å². The van der Waals surface area contributed by atoms with E-state index in [0.717, 1.165) is 9.13 Å². The number of halogens is 1. The maximum absolute atomic E-state index is 12.9. The van der Waals surface area contributed by atoms with Crippen molar-refractivity contribution in [3.8, 4) is 10.4 Å². The van der Waals surface area contributed by atoms with E-state index in [9.17, 15) is 8.42 Å². The van der Waals surface area contributed by atoms with Crippen LogP contribution in [0.4, 0.5) is 0 Å². The van der Waals surface area contributed by atoms with Crippen LogP contribution >= 0.6 is 0 Å². The monoisotopic (exact) mass is 473 g/mol. The summed E-state index contributed by atoms with van der Waals surface area (Å²) in [7, 11) is -3.91. The van der Waals surface area contributed by atoms with Crippen LogP contribution < -0.4 is 18.1 Å². The average molecular weight is 473 g/mol. The zero-order valence-electron chi connectivity index (χ0n) is 14.3. The number of benzene rings is 2. The van der Waals surface area contributed by atoms with E-state index in [1.165, 1.54) is 0 Å². The molecule has 0 heterocycles. The molecule has 130 valence electrons. The summed E-state index contributed by atoms with van der Waals surface area (Å²) in [6.45, 7) is 8.16. The van der Waals surface area contributed by atoms with Crippen LogP contribution in [0.3, 0.4) is 0 Å². The van der Waals surface area contributed by atoms with Crippen molar-refractivity contribution in [2.75, 3.05) is 0 Å². The Labute approximate surface area is 149 Å². The second kappa shape index (κ2) is 7.00. The Morgan fingerprint density at radius 1 is 1.00 bits per heavy atom. The standard InChI is InChI=1S/C18H22IO3SSi/c1-6-19(24(3,4)5,17-10-8-7-9-11-17)22-23(20,21)18-14-12-16(2)13-15-18/h1,7-15H,2-5H3/q-1. The second-order valence-corrected chi connectivity index (χ2v) is 31.1. The van der Waals surface area contributed by atoms with Crippen molar-refractivity contribution < 1.29 is 29.0 Å². The minimum absolute atomic E-state index is 0.158. The Hall–Kier alpha value is -1.14. The van der Waals surface area contributed by atoms with E-state index in [4.69, 9.17) is 8.94 Å².